The normalized spacial score (nSPS) is 31.4. The van der Waals surface area contributed by atoms with Crippen LogP contribution in [-0.2, 0) is 19.1 Å². The van der Waals surface area contributed by atoms with Gasteiger partial charge in [0, 0.05) is 45.6 Å². The Morgan fingerprint density at radius 3 is 2.03 bits per heavy atom. The van der Waals surface area contributed by atoms with Crippen molar-refractivity contribution < 1.29 is 23.9 Å². The van der Waals surface area contributed by atoms with Crippen molar-refractivity contribution in [3.05, 3.63) is 0 Å². The summed E-state index contributed by atoms with van der Waals surface area (Å²) in [4.78, 5) is 58.6. The fourth-order valence-corrected chi connectivity index (χ4v) is 7.06. The van der Waals surface area contributed by atoms with Gasteiger partial charge in [0.2, 0.25) is 17.7 Å². The molecule has 4 rings (SSSR count). The third-order valence-electron chi connectivity index (χ3n) is 9.30. The van der Waals surface area contributed by atoms with E-state index >= 15 is 0 Å². The van der Waals surface area contributed by atoms with Crippen molar-refractivity contribution in [3.8, 4) is 0 Å². The second-order valence-electron chi connectivity index (χ2n) is 12.8. The number of nitrogens with zero attached hydrogens (tertiary/aromatic N) is 4. The van der Waals surface area contributed by atoms with Crippen molar-refractivity contribution in [2.45, 2.75) is 103 Å². The Bertz CT molecular complexity index is 895. The maximum atomic E-state index is 13.3. The van der Waals surface area contributed by atoms with Gasteiger partial charge in [0.15, 0.2) is 0 Å². The SMILES string of the molecule is CC(C)OC(=O)N1C[C@H](C)N(C(=O)C2CC2)C2CCC(C3CCC(C(=O)N(C)CC(=O)N(C)C)CC3)CC21. The quantitative estimate of drug-likeness (QED) is 0.523. The Balaban J connectivity index is 1.40. The van der Waals surface area contributed by atoms with Crippen LogP contribution >= 0.6 is 0 Å². The van der Waals surface area contributed by atoms with Gasteiger partial charge >= 0.3 is 6.09 Å². The molecule has 3 aliphatic carbocycles. The molecule has 4 fully saturated rings. The minimum absolute atomic E-state index is 0.00145. The van der Waals surface area contributed by atoms with E-state index in [4.69, 9.17) is 4.74 Å². The molecule has 0 aromatic carbocycles. The average Bonchev–Trinajstić information content (AvgIpc) is 3.72. The molecular weight excluding hydrogens is 484 g/mol. The van der Waals surface area contributed by atoms with Crippen molar-refractivity contribution in [2.24, 2.45) is 23.7 Å². The Morgan fingerprint density at radius 2 is 1.45 bits per heavy atom. The maximum Gasteiger partial charge on any atom is 0.410 e. The number of ether oxygens (including phenoxy) is 1. The Kier molecular flexibility index (Phi) is 8.92. The first kappa shape index (κ1) is 28.7. The van der Waals surface area contributed by atoms with E-state index in [9.17, 15) is 19.2 Å². The zero-order chi connectivity index (χ0) is 27.7. The standard InChI is InChI=1S/C29H48N4O5/c1-18(2)38-29(37)32-16-19(3)33(28(36)22-11-12-22)24-14-13-23(15-25(24)32)20-7-9-21(10-8-20)27(35)31(6)17-26(34)30(4)5/h18-25H,7-17H2,1-6H3/t19-,20?,21?,23?,24?,25?/m0/s1. The van der Waals surface area contributed by atoms with Gasteiger partial charge in [0.05, 0.1) is 24.7 Å². The van der Waals surface area contributed by atoms with Crippen molar-refractivity contribution in [1.82, 2.24) is 19.6 Å². The maximum absolute atomic E-state index is 13.3. The van der Waals surface area contributed by atoms with E-state index in [0.29, 0.717) is 18.4 Å². The fourth-order valence-electron chi connectivity index (χ4n) is 7.06. The number of hydrogen-bond donors (Lipinski definition) is 0. The molecule has 0 N–H and O–H groups in total. The molecule has 0 radical (unpaired) electrons. The lowest BCUT2D eigenvalue weighted by Crippen LogP contribution is -2.67. The highest BCUT2D eigenvalue weighted by atomic mass is 16.6. The molecule has 1 saturated heterocycles. The molecule has 0 spiro atoms. The van der Waals surface area contributed by atoms with Crippen molar-refractivity contribution >= 4 is 23.8 Å². The van der Waals surface area contributed by atoms with Gasteiger partial charge in [-0.1, -0.05) is 0 Å². The van der Waals surface area contributed by atoms with Crippen LogP contribution in [0, 0.1) is 23.7 Å². The number of piperazine rings is 1. The Labute approximate surface area is 228 Å². The summed E-state index contributed by atoms with van der Waals surface area (Å²) in [7, 11) is 5.14. The van der Waals surface area contributed by atoms with Crippen LogP contribution in [-0.4, -0.2) is 102 Å². The predicted molar refractivity (Wildman–Crippen MR) is 144 cm³/mol. The van der Waals surface area contributed by atoms with Gasteiger partial charge in [0.1, 0.15) is 0 Å². The lowest BCUT2D eigenvalue weighted by Gasteiger charge is -2.54. The van der Waals surface area contributed by atoms with E-state index < -0.39 is 0 Å². The molecular formula is C29H48N4O5. The summed E-state index contributed by atoms with van der Waals surface area (Å²) in [5, 5.41) is 0. The molecule has 4 atom stereocenters. The first-order valence-electron chi connectivity index (χ1n) is 14.7. The smallest absolute Gasteiger partial charge is 0.410 e. The number of amides is 4. The number of rotatable bonds is 6. The monoisotopic (exact) mass is 532 g/mol. The van der Waals surface area contributed by atoms with Gasteiger partial charge in [-0.25, -0.2) is 4.79 Å². The van der Waals surface area contributed by atoms with E-state index in [2.05, 4.69) is 11.8 Å². The molecule has 4 amide bonds. The Morgan fingerprint density at radius 1 is 0.842 bits per heavy atom. The van der Waals surface area contributed by atoms with Gasteiger partial charge < -0.3 is 24.3 Å². The van der Waals surface area contributed by atoms with E-state index in [1.165, 1.54) is 4.90 Å². The molecule has 38 heavy (non-hydrogen) atoms. The zero-order valence-corrected chi connectivity index (χ0v) is 24.2. The van der Waals surface area contributed by atoms with Crippen molar-refractivity contribution in [1.29, 1.82) is 0 Å². The molecule has 1 aliphatic heterocycles. The molecule has 3 unspecified atom stereocenters. The molecule has 9 heteroatoms. The van der Waals surface area contributed by atoms with Gasteiger partial charge in [-0.2, -0.15) is 0 Å². The molecule has 0 bridgehead atoms. The van der Waals surface area contributed by atoms with E-state index in [1.54, 1.807) is 26.0 Å². The van der Waals surface area contributed by atoms with Crippen molar-refractivity contribution in [2.75, 3.05) is 34.2 Å². The highest BCUT2D eigenvalue weighted by Gasteiger charge is 2.50. The van der Waals surface area contributed by atoms with E-state index in [-0.39, 0.29) is 66.4 Å². The second kappa shape index (κ2) is 11.8. The van der Waals surface area contributed by atoms with Crippen LogP contribution in [0.1, 0.15) is 78.6 Å². The van der Waals surface area contributed by atoms with Gasteiger partial charge in [-0.3, -0.25) is 14.4 Å². The van der Waals surface area contributed by atoms with Crippen LogP contribution in [0.5, 0.6) is 0 Å². The van der Waals surface area contributed by atoms with Crippen LogP contribution < -0.4 is 0 Å². The number of carbonyl (C=O) groups is 4. The summed E-state index contributed by atoms with van der Waals surface area (Å²) in [6, 6.07) is 0.0449. The fraction of sp³-hybridized carbons (Fsp3) is 0.862. The molecule has 3 saturated carbocycles. The lowest BCUT2D eigenvalue weighted by atomic mass is 9.68. The van der Waals surface area contributed by atoms with Gasteiger partial charge in [-0.15, -0.1) is 0 Å². The van der Waals surface area contributed by atoms with Gasteiger partial charge in [-0.05, 0) is 90.4 Å². The summed E-state index contributed by atoms with van der Waals surface area (Å²) in [6.07, 6.45) is 8.06. The van der Waals surface area contributed by atoms with Gasteiger partial charge in [0.25, 0.3) is 0 Å². The summed E-state index contributed by atoms with van der Waals surface area (Å²) in [5.41, 5.74) is 0. The average molecular weight is 533 g/mol. The highest BCUT2D eigenvalue weighted by molar-refractivity contribution is 5.85. The number of likely N-dealkylation sites (N-methyl/N-ethyl adjacent to an activating group) is 2. The first-order chi connectivity index (χ1) is 18.0. The second-order valence-corrected chi connectivity index (χ2v) is 12.8. The molecule has 4 aliphatic rings. The van der Waals surface area contributed by atoms with Crippen LogP contribution in [0.15, 0.2) is 0 Å². The first-order valence-corrected chi connectivity index (χ1v) is 14.7. The summed E-state index contributed by atoms with van der Waals surface area (Å²) < 4.78 is 5.64. The topological polar surface area (TPSA) is 90.5 Å². The van der Waals surface area contributed by atoms with Crippen LogP contribution in [0.3, 0.4) is 0 Å². The van der Waals surface area contributed by atoms with Crippen LogP contribution in [0.2, 0.25) is 0 Å². The van der Waals surface area contributed by atoms with Crippen molar-refractivity contribution in [3.63, 3.8) is 0 Å². The third kappa shape index (κ3) is 6.28. The number of fused-ring (bicyclic) bond motifs is 1. The lowest BCUT2D eigenvalue weighted by molar-refractivity contribution is -0.146. The Hall–Kier alpha value is -2.32. The molecule has 1 heterocycles. The molecule has 0 aromatic heterocycles. The summed E-state index contributed by atoms with van der Waals surface area (Å²) in [6.45, 7) is 6.47. The largest absolute Gasteiger partial charge is 0.447 e. The zero-order valence-electron chi connectivity index (χ0n) is 24.2. The molecule has 214 valence electrons. The predicted octanol–water partition coefficient (Wildman–Crippen LogP) is 3.36. The minimum Gasteiger partial charge on any atom is -0.447 e. The number of hydrogen-bond acceptors (Lipinski definition) is 5. The highest BCUT2D eigenvalue weighted by Crippen LogP contribution is 2.45. The number of carbonyl (C=O) groups excluding carboxylic acids is 4. The summed E-state index contributed by atoms with van der Waals surface area (Å²) >= 11 is 0. The molecule has 9 nitrogen and oxygen atoms in total. The van der Waals surface area contributed by atoms with E-state index in [1.807, 2.05) is 18.7 Å². The third-order valence-corrected chi connectivity index (χ3v) is 9.30. The summed E-state index contributed by atoms with van der Waals surface area (Å²) in [5.74, 6) is 1.41. The van der Waals surface area contributed by atoms with Crippen LogP contribution in [0.4, 0.5) is 4.79 Å². The van der Waals surface area contributed by atoms with E-state index in [0.717, 1.165) is 57.8 Å². The minimum atomic E-state index is -0.259. The van der Waals surface area contributed by atoms with Crippen LogP contribution in [0.25, 0.3) is 0 Å². The molecule has 0 aromatic rings.